The standard InChI is InChI=1S/C19H19Cl2N3O4/c1-4-23-8-12-13-14(17(27)22(3)16(13)26)19(2,18(23)28)24(12)15(25)9-5-6-10(20)11(21)7-9/h5-7,12-14H,4,8H2,1-3H3/t12-,13+,14-,19-/m1/s1. The number of amides is 4. The van der Waals surface area contributed by atoms with Gasteiger partial charge in [-0.05, 0) is 32.0 Å². The summed E-state index contributed by atoms with van der Waals surface area (Å²) in [5.74, 6) is -3.13. The summed E-state index contributed by atoms with van der Waals surface area (Å²) in [6, 6.07) is 3.91. The molecule has 2 bridgehead atoms. The number of piperazine rings is 1. The first-order valence-electron chi connectivity index (χ1n) is 9.04. The minimum Gasteiger partial charge on any atom is -0.339 e. The van der Waals surface area contributed by atoms with E-state index in [9.17, 15) is 19.2 Å². The molecule has 0 aromatic heterocycles. The lowest BCUT2D eigenvalue weighted by molar-refractivity contribution is -0.154. The van der Waals surface area contributed by atoms with Crippen molar-refractivity contribution in [1.29, 1.82) is 0 Å². The zero-order chi connectivity index (χ0) is 20.5. The highest BCUT2D eigenvalue weighted by Gasteiger charge is 2.73. The molecule has 0 saturated carbocycles. The molecule has 7 nitrogen and oxygen atoms in total. The van der Waals surface area contributed by atoms with Gasteiger partial charge in [-0.25, -0.2) is 0 Å². The van der Waals surface area contributed by atoms with Crippen molar-refractivity contribution >= 4 is 46.8 Å². The summed E-state index contributed by atoms with van der Waals surface area (Å²) in [6.07, 6.45) is 0. The zero-order valence-electron chi connectivity index (χ0n) is 15.6. The van der Waals surface area contributed by atoms with E-state index in [1.807, 2.05) is 6.92 Å². The summed E-state index contributed by atoms with van der Waals surface area (Å²) in [4.78, 5) is 56.5. The van der Waals surface area contributed by atoms with E-state index in [0.29, 0.717) is 11.6 Å². The van der Waals surface area contributed by atoms with Crippen LogP contribution in [0.25, 0.3) is 0 Å². The number of imide groups is 1. The predicted molar refractivity (Wildman–Crippen MR) is 102 cm³/mol. The van der Waals surface area contributed by atoms with Gasteiger partial charge in [0, 0.05) is 25.7 Å². The number of carbonyl (C=O) groups is 4. The molecule has 3 aliphatic heterocycles. The number of rotatable bonds is 2. The smallest absolute Gasteiger partial charge is 0.255 e. The van der Waals surface area contributed by atoms with E-state index < -0.39 is 35.2 Å². The van der Waals surface area contributed by atoms with E-state index in [0.717, 1.165) is 4.90 Å². The van der Waals surface area contributed by atoms with Crippen LogP contribution in [0.4, 0.5) is 0 Å². The Kier molecular flexibility index (Phi) is 4.25. The number of nitrogens with zero attached hydrogens (tertiary/aromatic N) is 3. The molecule has 0 radical (unpaired) electrons. The average Bonchev–Trinajstić information content (AvgIpc) is 3.02. The summed E-state index contributed by atoms with van der Waals surface area (Å²) in [5, 5.41) is 0.527. The highest BCUT2D eigenvalue weighted by Crippen LogP contribution is 2.52. The van der Waals surface area contributed by atoms with Crippen molar-refractivity contribution in [3.05, 3.63) is 33.8 Å². The summed E-state index contributed by atoms with van der Waals surface area (Å²) in [7, 11) is 1.43. The van der Waals surface area contributed by atoms with Crippen molar-refractivity contribution in [2.45, 2.75) is 25.4 Å². The molecule has 0 spiro atoms. The first-order chi connectivity index (χ1) is 13.1. The summed E-state index contributed by atoms with van der Waals surface area (Å²) in [6.45, 7) is 4.08. The molecule has 0 N–H and O–H groups in total. The van der Waals surface area contributed by atoms with Crippen LogP contribution >= 0.6 is 23.2 Å². The van der Waals surface area contributed by atoms with Crippen molar-refractivity contribution in [2.75, 3.05) is 20.1 Å². The van der Waals surface area contributed by atoms with Crippen molar-refractivity contribution in [2.24, 2.45) is 11.8 Å². The molecule has 28 heavy (non-hydrogen) atoms. The van der Waals surface area contributed by atoms with Gasteiger partial charge in [0.2, 0.25) is 17.7 Å². The van der Waals surface area contributed by atoms with Gasteiger partial charge in [-0.3, -0.25) is 24.1 Å². The lowest BCUT2D eigenvalue weighted by Gasteiger charge is -2.47. The number of benzene rings is 1. The normalized spacial score (nSPS) is 31.7. The average molecular weight is 424 g/mol. The highest BCUT2D eigenvalue weighted by molar-refractivity contribution is 6.42. The van der Waals surface area contributed by atoms with Crippen LogP contribution in [0.15, 0.2) is 18.2 Å². The number of hydrogen-bond donors (Lipinski definition) is 0. The van der Waals surface area contributed by atoms with Crippen LogP contribution in [0.3, 0.4) is 0 Å². The van der Waals surface area contributed by atoms with Gasteiger partial charge in [-0.2, -0.15) is 0 Å². The Labute approximate surface area is 172 Å². The number of likely N-dealkylation sites (tertiary alicyclic amines) is 2. The molecule has 4 rings (SSSR count). The minimum atomic E-state index is -1.43. The Morgan fingerprint density at radius 2 is 1.86 bits per heavy atom. The van der Waals surface area contributed by atoms with E-state index in [2.05, 4.69) is 0 Å². The Morgan fingerprint density at radius 3 is 2.46 bits per heavy atom. The molecule has 0 unspecified atom stereocenters. The molecule has 3 aliphatic rings. The first-order valence-corrected chi connectivity index (χ1v) is 9.79. The monoisotopic (exact) mass is 423 g/mol. The van der Waals surface area contributed by atoms with Crippen molar-refractivity contribution < 1.29 is 19.2 Å². The Hall–Kier alpha value is -2.12. The van der Waals surface area contributed by atoms with Gasteiger partial charge in [0.15, 0.2) is 0 Å². The fourth-order valence-corrected chi connectivity index (χ4v) is 5.23. The molecule has 3 saturated heterocycles. The van der Waals surface area contributed by atoms with Crippen LogP contribution in [0.2, 0.25) is 10.0 Å². The predicted octanol–water partition coefficient (Wildman–Crippen LogP) is 1.67. The number of halogens is 2. The van der Waals surface area contributed by atoms with Gasteiger partial charge in [-0.1, -0.05) is 23.2 Å². The molecule has 9 heteroatoms. The maximum atomic E-state index is 13.4. The third-order valence-corrected chi connectivity index (χ3v) is 7.06. The van der Waals surface area contributed by atoms with Gasteiger partial charge in [0.25, 0.3) is 5.91 Å². The van der Waals surface area contributed by atoms with Crippen molar-refractivity contribution in [3.8, 4) is 0 Å². The van der Waals surface area contributed by atoms with Crippen molar-refractivity contribution in [3.63, 3.8) is 0 Å². The number of fused-ring (bicyclic) bond motifs is 5. The first kappa shape index (κ1) is 19.2. The van der Waals surface area contributed by atoms with E-state index in [-0.39, 0.29) is 28.9 Å². The number of likely N-dealkylation sites (N-methyl/N-ethyl adjacent to an activating group) is 1. The second-order valence-electron chi connectivity index (χ2n) is 7.60. The lowest BCUT2D eigenvalue weighted by Crippen LogP contribution is -2.68. The zero-order valence-corrected chi connectivity index (χ0v) is 17.1. The summed E-state index contributed by atoms with van der Waals surface area (Å²) >= 11 is 12.0. The van der Waals surface area contributed by atoms with E-state index in [1.54, 1.807) is 11.8 Å². The molecule has 1 aromatic carbocycles. The van der Waals surface area contributed by atoms with E-state index in [1.165, 1.54) is 30.1 Å². The quantitative estimate of drug-likeness (QED) is 0.677. The SMILES string of the molecule is CCN1C[C@@H]2[C@@H]3C(=O)N(C)C(=O)[C@@H]3[C@](C)(C1=O)N2C(=O)c1ccc(Cl)c(Cl)c1. The van der Waals surface area contributed by atoms with Crippen molar-refractivity contribution in [1.82, 2.24) is 14.7 Å². The molecular formula is C19H19Cl2N3O4. The van der Waals surface area contributed by atoms with Crippen LogP contribution in [0.5, 0.6) is 0 Å². The third-order valence-electron chi connectivity index (χ3n) is 6.32. The minimum absolute atomic E-state index is 0.214. The molecule has 3 heterocycles. The molecular weight excluding hydrogens is 405 g/mol. The fraction of sp³-hybridized carbons (Fsp3) is 0.474. The largest absolute Gasteiger partial charge is 0.339 e. The van der Waals surface area contributed by atoms with Crippen LogP contribution < -0.4 is 0 Å². The van der Waals surface area contributed by atoms with Gasteiger partial charge in [-0.15, -0.1) is 0 Å². The molecule has 1 aromatic rings. The number of hydrogen-bond acceptors (Lipinski definition) is 4. The van der Waals surface area contributed by atoms with Crippen LogP contribution in [0.1, 0.15) is 24.2 Å². The van der Waals surface area contributed by atoms with Gasteiger partial charge < -0.3 is 9.80 Å². The van der Waals surface area contributed by atoms with Crippen LogP contribution in [-0.4, -0.2) is 70.0 Å². The summed E-state index contributed by atoms with van der Waals surface area (Å²) in [5.41, 5.74) is -1.17. The van der Waals surface area contributed by atoms with E-state index in [4.69, 9.17) is 23.2 Å². The Morgan fingerprint density at radius 1 is 1.18 bits per heavy atom. The molecule has 4 atom stereocenters. The topological polar surface area (TPSA) is 78.0 Å². The second-order valence-corrected chi connectivity index (χ2v) is 8.42. The van der Waals surface area contributed by atoms with Gasteiger partial charge in [0.1, 0.15) is 5.54 Å². The second kappa shape index (κ2) is 6.19. The Bertz CT molecular complexity index is 936. The summed E-state index contributed by atoms with van der Waals surface area (Å²) < 4.78 is 0. The van der Waals surface area contributed by atoms with Crippen LogP contribution in [-0.2, 0) is 14.4 Å². The van der Waals surface area contributed by atoms with Crippen LogP contribution in [0, 0.1) is 11.8 Å². The number of carbonyl (C=O) groups excluding carboxylic acids is 4. The molecule has 4 amide bonds. The van der Waals surface area contributed by atoms with Gasteiger partial charge in [0.05, 0.1) is 27.9 Å². The third kappa shape index (κ3) is 2.23. The highest BCUT2D eigenvalue weighted by atomic mass is 35.5. The molecule has 148 valence electrons. The maximum Gasteiger partial charge on any atom is 0.255 e. The molecule has 3 fully saturated rings. The fourth-order valence-electron chi connectivity index (χ4n) is 4.93. The Balaban J connectivity index is 1.85. The molecule has 0 aliphatic carbocycles. The van der Waals surface area contributed by atoms with Gasteiger partial charge >= 0.3 is 0 Å². The lowest BCUT2D eigenvalue weighted by atomic mass is 9.81. The maximum absolute atomic E-state index is 13.4. The van der Waals surface area contributed by atoms with E-state index >= 15 is 0 Å².